The average molecular weight is 867 g/mol. The third-order valence-corrected chi connectivity index (χ3v) is 9.57. The van der Waals surface area contributed by atoms with E-state index in [1.165, 1.54) is 18.2 Å². The van der Waals surface area contributed by atoms with Crippen LogP contribution in [0.2, 0.25) is 0 Å². The number of phenols is 2. The first kappa shape index (κ1) is 44.5. The Hall–Kier alpha value is -9.06. The van der Waals surface area contributed by atoms with Crippen LogP contribution in [0.25, 0.3) is 59.2 Å². The van der Waals surface area contributed by atoms with Gasteiger partial charge in [-0.3, -0.25) is 9.97 Å². The van der Waals surface area contributed by atoms with E-state index in [9.17, 15) is 24.9 Å². The van der Waals surface area contributed by atoms with Crippen molar-refractivity contribution in [3.63, 3.8) is 0 Å². The summed E-state index contributed by atoms with van der Waals surface area (Å²) in [5, 5.41) is 60.8. The molecule has 0 unspecified atom stereocenters. The third kappa shape index (κ3) is 10.1. The number of hydrogen-bond acceptors (Lipinski definition) is 11. The summed E-state index contributed by atoms with van der Waals surface area (Å²) in [4.78, 5) is 37.8. The van der Waals surface area contributed by atoms with Crippen LogP contribution in [0.5, 0.6) is 11.5 Å². The van der Waals surface area contributed by atoms with Crippen LogP contribution in [-0.4, -0.2) is 47.3 Å². The molecule has 0 saturated carbocycles. The molecule has 14 nitrogen and oxygen atoms in total. The lowest BCUT2D eigenvalue weighted by Crippen LogP contribution is -3.00. The summed E-state index contributed by atoms with van der Waals surface area (Å²) in [5.41, 5.74) is 9.60. The largest absolute Gasteiger partial charge is 1.00 e. The Balaban J connectivity index is 0.000000152. The number of azo groups is 1. The van der Waals surface area contributed by atoms with Gasteiger partial charge in [0.25, 0.3) is 0 Å². The molecule has 0 fully saturated rings. The van der Waals surface area contributed by atoms with E-state index in [1.54, 1.807) is 61.1 Å². The molecule has 3 heterocycles. The SMILES string of the molecule is N#[N+]c1cccc2cccnc12.Nc1cccc2cccnc12.O=C(O)c1cc2ccccc2c(N=Nc2cccc3cccnc23)c1O.O=C(O)c1cc2ccccc2cc1O.[Cl-]. The van der Waals surface area contributed by atoms with Gasteiger partial charge >= 0.3 is 17.6 Å². The van der Waals surface area contributed by atoms with Crippen LogP contribution in [-0.2, 0) is 0 Å². The summed E-state index contributed by atoms with van der Waals surface area (Å²) in [6.45, 7) is 0. The van der Waals surface area contributed by atoms with Gasteiger partial charge in [0.05, 0.1) is 16.7 Å². The fourth-order valence-electron chi connectivity index (χ4n) is 6.55. The van der Waals surface area contributed by atoms with Crippen molar-refractivity contribution < 1.29 is 42.4 Å². The number of benzene rings is 7. The fraction of sp³-hybridized carbons (Fsp3) is 0. The van der Waals surface area contributed by atoms with Gasteiger partial charge in [-0.05, 0) is 64.7 Å². The zero-order valence-corrected chi connectivity index (χ0v) is 34.2. The molecular formula is C49H35ClN8O6. The van der Waals surface area contributed by atoms with Crippen LogP contribution in [0.15, 0.2) is 187 Å². The Kier molecular flexibility index (Phi) is 14.2. The predicted octanol–water partition coefficient (Wildman–Crippen LogP) is 8.99. The van der Waals surface area contributed by atoms with Gasteiger partial charge in [-0.15, -0.1) is 10.2 Å². The molecule has 3 aromatic heterocycles. The van der Waals surface area contributed by atoms with Gasteiger partial charge < -0.3 is 38.6 Å². The van der Waals surface area contributed by atoms with Crippen LogP contribution in [0.1, 0.15) is 20.7 Å². The Morgan fingerprint density at radius 2 is 1.02 bits per heavy atom. The monoisotopic (exact) mass is 866 g/mol. The highest BCUT2D eigenvalue weighted by Gasteiger charge is 2.18. The van der Waals surface area contributed by atoms with Crippen molar-refractivity contribution in [1.29, 1.82) is 5.39 Å². The number of para-hydroxylation sites is 3. The number of nitrogens with two attached hydrogens (primary N) is 1. The van der Waals surface area contributed by atoms with Crippen LogP contribution in [0.4, 0.5) is 22.7 Å². The number of nitrogen functional groups attached to an aromatic ring is 1. The van der Waals surface area contributed by atoms with Crippen LogP contribution in [0.3, 0.4) is 0 Å². The maximum absolute atomic E-state index is 11.4. The Morgan fingerprint density at radius 1 is 0.531 bits per heavy atom. The number of rotatable bonds is 4. The average Bonchev–Trinajstić information content (AvgIpc) is 3.31. The summed E-state index contributed by atoms with van der Waals surface area (Å²) >= 11 is 0. The number of fused-ring (bicyclic) bond motifs is 5. The number of pyridine rings is 3. The van der Waals surface area contributed by atoms with Crippen molar-refractivity contribution in [2.75, 3.05) is 5.73 Å². The topological polar surface area (TPSA) is 233 Å². The van der Waals surface area contributed by atoms with E-state index < -0.39 is 17.7 Å². The van der Waals surface area contributed by atoms with Gasteiger partial charge in [0.1, 0.15) is 28.3 Å². The summed E-state index contributed by atoms with van der Waals surface area (Å²) < 4.78 is 0. The lowest BCUT2D eigenvalue weighted by molar-refractivity contribution is -0.0000458. The van der Waals surface area contributed by atoms with Gasteiger partial charge in [0, 0.05) is 46.2 Å². The number of halogens is 1. The molecule has 15 heteroatoms. The van der Waals surface area contributed by atoms with Crippen molar-refractivity contribution in [1.82, 2.24) is 15.0 Å². The van der Waals surface area contributed by atoms with Crippen molar-refractivity contribution in [3.05, 3.63) is 192 Å². The lowest BCUT2D eigenvalue weighted by atomic mass is 10.0. The van der Waals surface area contributed by atoms with Crippen molar-refractivity contribution in [2.24, 2.45) is 10.2 Å². The number of carbonyl (C=O) groups is 2. The molecule has 0 radical (unpaired) electrons. The Bertz CT molecular complexity index is 3380. The molecular weight excluding hydrogens is 832 g/mol. The minimum absolute atomic E-state index is 0. The molecule has 0 bridgehead atoms. The quantitative estimate of drug-likeness (QED) is 0.0636. The number of aromatic hydroxyl groups is 2. The summed E-state index contributed by atoms with van der Waals surface area (Å²) in [6, 6.07) is 46.9. The second-order valence-corrected chi connectivity index (χ2v) is 13.6. The van der Waals surface area contributed by atoms with Gasteiger partial charge in [-0.2, -0.15) is 0 Å². The van der Waals surface area contributed by atoms with Crippen LogP contribution in [0, 0.1) is 5.39 Å². The van der Waals surface area contributed by atoms with Crippen LogP contribution < -0.4 is 18.1 Å². The number of anilines is 1. The molecule has 314 valence electrons. The molecule has 7 aromatic carbocycles. The van der Waals surface area contributed by atoms with Crippen molar-refractivity contribution in [2.45, 2.75) is 0 Å². The predicted molar refractivity (Wildman–Crippen MR) is 244 cm³/mol. The maximum Gasteiger partial charge on any atom is 0.410 e. The van der Waals surface area contributed by atoms with Crippen molar-refractivity contribution in [3.8, 4) is 11.5 Å². The Morgan fingerprint density at radius 3 is 1.64 bits per heavy atom. The second kappa shape index (κ2) is 20.5. The molecule has 64 heavy (non-hydrogen) atoms. The van der Waals surface area contributed by atoms with Gasteiger partial charge in [0.2, 0.25) is 5.39 Å². The van der Waals surface area contributed by atoms with Gasteiger partial charge in [-0.1, -0.05) is 103 Å². The number of carboxylic acids is 2. The molecule has 0 aliphatic heterocycles. The number of nitrogens with zero attached hydrogens (tertiary/aromatic N) is 7. The van der Waals surface area contributed by atoms with Gasteiger partial charge in [0.15, 0.2) is 16.2 Å². The first-order valence-electron chi connectivity index (χ1n) is 19.1. The molecule has 10 rings (SSSR count). The van der Waals surface area contributed by atoms with E-state index in [0.717, 1.165) is 43.7 Å². The number of aromatic carboxylic acids is 2. The minimum Gasteiger partial charge on any atom is -1.00 e. The highest BCUT2D eigenvalue weighted by Crippen LogP contribution is 2.40. The van der Waals surface area contributed by atoms with Gasteiger partial charge in [-0.25, -0.2) is 14.6 Å². The van der Waals surface area contributed by atoms with E-state index in [0.29, 0.717) is 27.7 Å². The smallest absolute Gasteiger partial charge is 0.410 e. The molecule has 0 aliphatic rings. The first-order chi connectivity index (χ1) is 30.6. The van der Waals surface area contributed by atoms with Crippen LogP contribution >= 0.6 is 0 Å². The molecule has 0 saturated heterocycles. The Labute approximate surface area is 370 Å². The first-order valence-corrected chi connectivity index (χ1v) is 19.1. The fourth-order valence-corrected chi connectivity index (χ4v) is 6.55. The van der Waals surface area contributed by atoms with E-state index in [1.807, 2.05) is 97.1 Å². The van der Waals surface area contributed by atoms with E-state index in [-0.39, 0.29) is 35.0 Å². The molecule has 0 amide bonds. The molecule has 10 aromatic rings. The van der Waals surface area contributed by atoms with E-state index in [4.69, 9.17) is 16.2 Å². The summed E-state index contributed by atoms with van der Waals surface area (Å²) in [6.07, 6.45) is 5.09. The zero-order valence-electron chi connectivity index (χ0n) is 33.4. The normalized spacial score (nSPS) is 10.4. The van der Waals surface area contributed by atoms with E-state index in [2.05, 4.69) is 30.2 Å². The minimum atomic E-state index is -1.23. The maximum atomic E-state index is 11.4. The second-order valence-electron chi connectivity index (χ2n) is 13.6. The zero-order chi connectivity index (χ0) is 44.3. The molecule has 0 spiro atoms. The molecule has 6 N–H and O–H groups in total. The number of diazo groups is 1. The van der Waals surface area contributed by atoms with E-state index >= 15 is 0 Å². The number of hydrogen-bond donors (Lipinski definition) is 5. The molecule has 0 aliphatic carbocycles. The molecule has 0 atom stereocenters. The number of aromatic nitrogens is 3. The highest BCUT2D eigenvalue weighted by atomic mass is 35.5. The third-order valence-electron chi connectivity index (χ3n) is 9.57. The standard InChI is InChI=1S/C20H13N3O3.C11H8O3.C9H6N3.C9H8N2.ClH/c24-19-15(20(25)26)11-13-5-1-2-8-14(13)18(19)23-22-16-9-3-6-12-7-4-10-21-17(12)16;12-10-6-8-4-2-1-3-7(8)5-9(10)11(13)14;10-12-8-5-1-3-7-4-2-6-11-9(7)8;10-8-5-1-3-7-4-2-6-11-9(7)8;/h1-11,24H,(H,25,26);1-6,12H,(H,13,14);1-6H;1-6H,10H2;1H/q;;+1;;/p-1. The lowest BCUT2D eigenvalue weighted by Gasteiger charge is -2.07. The summed E-state index contributed by atoms with van der Waals surface area (Å²) in [7, 11) is 0. The summed E-state index contributed by atoms with van der Waals surface area (Å²) in [5.74, 6) is -2.95. The highest BCUT2D eigenvalue weighted by molar-refractivity contribution is 6.04. The van der Waals surface area contributed by atoms with Crippen molar-refractivity contribution >= 4 is 88.9 Å². The number of carboxylic acid groups (broad SMARTS) is 2.